The van der Waals surface area contributed by atoms with Gasteiger partial charge in [-0.2, -0.15) is 5.26 Å². The number of fused-ring (bicyclic) bond motifs is 1. The van der Waals surface area contributed by atoms with Gasteiger partial charge in [0.25, 0.3) is 0 Å². The molecule has 1 N–H and O–H groups in total. The molecule has 33 heavy (non-hydrogen) atoms. The van der Waals surface area contributed by atoms with E-state index in [0.29, 0.717) is 29.7 Å². The molecule has 0 aliphatic carbocycles. The first kappa shape index (κ1) is 23.7. The Morgan fingerprint density at radius 3 is 2.45 bits per heavy atom. The number of aromatic hydroxyl groups is 1. The number of hydrogen-bond acceptors (Lipinski definition) is 5. The number of carbonyl (C=O) groups is 2. The van der Waals surface area contributed by atoms with Crippen LogP contribution in [0.1, 0.15) is 49.5 Å². The molecule has 3 aromatic rings. The fraction of sp³-hybridized carbons (Fsp3) is 0.250. The van der Waals surface area contributed by atoms with Crippen LogP contribution in [-0.4, -0.2) is 16.9 Å². The fourth-order valence-corrected chi connectivity index (χ4v) is 3.66. The van der Waals surface area contributed by atoms with Crippen LogP contribution in [0.15, 0.2) is 66.7 Å². The molecule has 3 rings (SSSR count). The third kappa shape index (κ3) is 5.87. The van der Waals surface area contributed by atoms with Crippen LogP contribution in [0.25, 0.3) is 16.8 Å². The van der Waals surface area contributed by atoms with Crippen LogP contribution in [0, 0.1) is 22.7 Å². The van der Waals surface area contributed by atoms with Crippen molar-refractivity contribution in [1.82, 2.24) is 0 Å². The van der Waals surface area contributed by atoms with Gasteiger partial charge in [0.2, 0.25) is 0 Å². The monoisotopic (exact) mass is 441 g/mol. The average Bonchev–Trinajstić information content (AvgIpc) is 2.82. The lowest BCUT2D eigenvalue weighted by atomic mass is 9.83. The molecule has 0 aliphatic rings. The third-order valence-corrected chi connectivity index (χ3v) is 5.59. The molecule has 0 aromatic heterocycles. The van der Waals surface area contributed by atoms with Crippen molar-refractivity contribution in [1.29, 1.82) is 5.26 Å². The summed E-state index contributed by atoms with van der Waals surface area (Å²) in [6, 6.07) is 19.6. The summed E-state index contributed by atoms with van der Waals surface area (Å²) in [7, 11) is 0. The van der Waals surface area contributed by atoms with Gasteiger partial charge in [0.05, 0.1) is 17.4 Å². The van der Waals surface area contributed by atoms with E-state index < -0.39 is 5.41 Å². The number of ketones is 1. The number of rotatable bonds is 8. The van der Waals surface area contributed by atoms with Crippen molar-refractivity contribution < 1.29 is 19.4 Å². The largest absolute Gasteiger partial charge is 0.507 e. The molecule has 0 radical (unpaired) electrons. The summed E-state index contributed by atoms with van der Waals surface area (Å²) in [5.41, 5.74) is 0.405. The quantitative estimate of drug-likeness (QED) is 0.191. The van der Waals surface area contributed by atoms with E-state index in [4.69, 9.17) is 4.74 Å². The summed E-state index contributed by atoms with van der Waals surface area (Å²) in [6.45, 7) is 5.49. The second-order valence-corrected chi connectivity index (χ2v) is 8.67. The third-order valence-electron chi connectivity index (χ3n) is 5.59. The van der Waals surface area contributed by atoms with Gasteiger partial charge in [-0.1, -0.05) is 37.3 Å². The highest BCUT2D eigenvalue weighted by molar-refractivity contribution is 6.08. The standard InChI is InChI=1S/C28H27NO4/c1-4-19(17-28(2,3)18-29)27(32)33-22-12-9-21(10-13-22)25(30)16-14-24-23-8-6-5-7-20(23)11-15-26(24)31/h5-16,19,31H,4,17H2,1-3H3/b16-14+. The minimum atomic E-state index is -0.610. The molecule has 1 unspecified atom stereocenters. The van der Waals surface area contributed by atoms with Crippen LogP contribution in [0.3, 0.4) is 0 Å². The van der Waals surface area contributed by atoms with E-state index in [9.17, 15) is 20.0 Å². The summed E-state index contributed by atoms with van der Waals surface area (Å²) in [5, 5.41) is 21.3. The Labute approximate surface area is 193 Å². The van der Waals surface area contributed by atoms with Gasteiger partial charge in [0.15, 0.2) is 5.78 Å². The number of phenolic OH excluding ortho intramolecular Hbond substituents is 1. The molecule has 0 fully saturated rings. The van der Waals surface area contributed by atoms with E-state index in [1.54, 1.807) is 50.3 Å². The number of nitriles is 1. The normalized spacial score (nSPS) is 12.4. The second-order valence-electron chi connectivity index (χ2n) is 8.67. The van der Waals surface area contributed by atoms with Crippen LogP contribution in [0.2, 0.25) is 0 Å². The molecule has 0 saturated carbocycles. The number of hydrogen-bond donors (Lipinski definition) is 1. The van der Waals surface area contributed by atoms with Crippen molar-refractivity contribution in [3.8, 4) is 17.6 Å². The van der Waals surface area contributed by atoms with Gasteiger partial charge in [-0.05, 0) is 79.9 Å². The number of phenols is 1. The summed E-state index contributed by atoms with van der Waals surface area (Å²) >= 11 is 0. The molecule has 0 aliphatic heterocycles. The highest BCUT2D eigenvalue weighted by Crippen LogP contribution is 2.29. The maximum Gasteiger partial charge on any atom is 0.314 e. The number of allylic oxidation sites excluding steroid dienone is 1. The smallest absolute Gasteiger partial charge is 0.314 e. The molecular formula is C28H27NO4. The summed E-state index contributed by atoms with van der Waals surface area (Å²) in [6.07, 6.45) is 4.02. The Kier molecular flexibility index (Phi) is 7.30. The van der Waals surface area contributed by atoms with Gasteiger partial charge in [-0.15, -0.1) is 0 Å². The molecule has 0 amide bonds. The Morgan fingerprint density at radius 2 is 1.79 bits per heavy atom. The van der Waals surface area contributed by atoms with Crippen molar-refractivity contribution in [2.45, 2.75) is 33.6 Å². The van der Waals surface area contributed by atoms with E-state index in [-0.39, 0.29) is 23.4 Å². The summed E-state index contributed by atoms with van der Waals surface area (Å²) in [4.78, 5) is 25.2. The molecular weight excluding hydrogens is 414 g/mol. The zero-order chi connectivity index (χ0) is 24.0. The lowest BCUT2D eigenvalue weighted by Gasteiger charge is -2.21. The first-order valence-corrected chi connectivity index (χ1v) is 10.9. The number of nitrogens with zero attached hydrogens (tertiary/aromatic N) is 1. The first-order valence-electron chi connectivity index (χ1n) is 10.9. The Hall–Kier alpha value is -3.91. The number of carbonyl (C=O) groups excluding carboxylic acids is 2. The highest BCUT2D eigenvalue weighted by atomic mass is 16.5. The Bertz CT molecular complexity index is 1230. The second kappa shape index (κ2) is 10.1. The highest BCUT2D eigenvalue weighted by Gasteiger charge is 2.28. The molecule has 0 bridgehead atoms. The van der Waals surface area contributed by atoms with E-state index in [1.807, 2.05) is 37.3 Å². The minimum absolute atomic E-state index is 0.102. The Balaban J connectivity index is 1.70. The van der Waals surface area contributed by atoms with Crippen LogP contribution in [-0.2, 0) is 4.79 Å². The zero-order valence-corrected chi connectivity index (χ0v) is 19.0. The van der Waals surface area contributed by atoms with E-state index in [2.05, 4.69) is 6.07 Å². The SMILES string of the molecule is CCC(CC(C)(C)C#N)C(=O)Oc1ccc(C(=O)/C=C/c2c(O)ccc3ccccc23)cc1. The molecule has 1 atom stereocenters. The first-order chi connectivity index (χ1) is 15.7. The van der Waals surface area contributed by atoms with Crippen molar-refractivity contribution in [2.75, 3.05) is 0 Å². The molecule has 0 spiro atoms. The van der Waals surface area contributed by atoms with Crippen molar-refractivity contribution in [3.05, 3.63) is 77.9 Å². The average molecular weight is 442 g/mol. The van der Waals surface area contributed by atoms with E-state index in [1.165, 1.54) is 6.08 Å². The van der Waals surface area contributed by atoms with Crippen LogP contribution < -0.4 is 4.74 Å². The summed E-state index contributed by atoms with van der Waals surface area (Å²) < 4.78 is 5.48. The van der Waals surface area contributed by atoms with Crippen molar-refractivity contribution in [3.63, 3.8) is 0 Å². The van der Waals surface area contributed by atoms with Crippen molar-refractivity contribution >= 4 is 28.6 Å². The number of esters is 1. The van der Waals surface area contributed by atoms with Gasteiger partial charge >= 0.3 is 5.97 Å². The molecule has 3 aromatic carbocycles. The Morgan fingerprint density at radius 1 is 1.09 bits per heavy atom. The number of benzene rings is 3. The molecule has 168 valence electrons. The van der Waals surface area contributed by atoms with Crippen LogP contribution >= 0.6 is 0 Å². The summed E-state index contributed by atoms with van der Waals surface area (Å²) in [5.74, 6) is -0.545. The van der Waals surface area contributed by atoms with Gasteiger partial charge < -0.3 is 9.84 Å². The van der Waals surface area contributed by atoms with Crippen LogP contribution in [0.5, 0.6) is 11.5 Å². The van der Waals surface area contributed by atoms with E-state index in [0.717, 1.165) is 10.8 Å². The van der Waals surface area contributed by atoms with Crippen molar-refractivity contribution in [2.24, 2.45) is 11.3 Å². The maximum atomic E-state index is 12.6. The predicted molar refractivity (Wildman–Crippen MR) is 129 cm³/mol. The molecule has 5 nitrogen and oxygen atoms in total. The molecule has 5 heteroatoms. The van der Waals surface area contributed by atoms with Gasteiger partial charge in [-0.3, -0.25) is 9.59 Å². The predicted octanol–water partition coefficient (Wildman–Crippen LogP) is 6.31. The maximum absolute atomic E-state index is 12.6. The van der Waals surface area contributed by atoms with Gasteiger partial charge in [0, 0.05) is 11.1 Å². The van der Waals surface area contributed by atoms with E-state index >= 15 is 0 Å². The lowest BCUT2D eigenvalue weighted by molar-refractivity contribution is -0.139. The molecule has 0 heterocycles. The molecule has 0 saturated heterocycles. The van der Waals surface area contributed by atoms with Gasteiger partial charge in [0.1, 0.15) is 11.5 Å². The number of ether oxygens (including phenoxy) is 1. The van der Waals surface area contributed by atoms with Crippen LogP contribution in [0.4, 0.5) is 0 Å². The topological polar surface area (TPSA) is 87.4 Å². The van der Waals surface area contributed by atoms with Gasteiger partial charge in [-0.25, -0.2) is 0 Å². The lowest BCUT2D eigenvalue weighted by Crippen LogP contribution is -2.25. The minimum Gasteiger partial charge on any atom is -0.507 e. The fourth-order valence-electron chi connectivity index (χ4n) is 3.66. The zero-order valence-electron chi connectivity index (χ0n) is 19.0.